The van der Waals surface area contributed by atoms with Gasteiger partial charge in [0.1, 0.15) is 0 Å². The number of anilines is 1. The number of rotatable bonds is 1. The van der Waals surface area contributed by atoms with Gasteiger partial charge < -0.3 is 5.73 Å². The van der Waals surface area contributed by atoms with Gasteiger partial charge in [-0.3, -0.25) is 4.79 Å². The predicted molar refractivity (Wildman–Crippen MR) is 46.6 cm³/mol. The van der Waals surface area contributed by atoms with Gasteiger partial charge in [0, 0.05) is 40.8 Å². The topological polar surface area (TPSA) is 43.1 Å². The standard InChI is InChI=1S/C8H9NO.Na/c1-6(10)7-2-4-8(9)5-3-7;/h2-5H,9H2,1H3;. The SMILES string of the molecule is CC(=O)c1ccc(N)cc1.[Na]. The summed E-state index contributed by atoms with van der Waals surface area (Å²) in [6, 6.07) is 6.88. The third-order valence-corrected chi connectivity index (χ3v) is 1.32. The molecule has 3 heteroatoms. The van der Waals surface area contributed by atoms with Crippen molar-refractivity contribution in [1.82, 2.24) is 0 Å². The fraction of sp³-hybridized carbons (Fsp3) is 0.125. The van der Waals surface area contributed by atoms with E-state index in [1.807, 2.05) is 0 Å². The van der Waals surface area contributed by atoms with E-state index in [-0.39, 0.29) is 35.3 Å². The number of hydrogen-bond donors (Lipinski definition) is 1. The van der Waals surface area contributed by atoms with Crippen molar-refractivity contribution < 1.29 is 4.79 Å². The van der Waals surface area contributed by atoms with E-state index in [1.54, 1.807) is 24.3 Å². The van der Waals surface area contributed by atoms with Crippen LogP contribution in [0.1, 0.15) is 17.3 Å². The van der Waals surface area contributed by atoms with E-state index in [2.05, 4.69) is 0 Å². The minimum Gasteiger partial charge on any atom is -0.399 e. The van der Waals surface area contributed by atoms with Gasteiger partial charge in [0.25, 0.3) is 0 Å². The molecule has 2 N–H and O–H groups in total. The summed E-state index contributed by atoms with van der Waals surface area (Å²) < 4.78 is 0. The van der Waals surface area contributed by atoms with Crippen LogP contribution in [0.5, 0.6) is 0 Å². The van der Waals surface area contributed by atoms with Crippen molar-refractivity contribution in [2.24, 2.45) is 0 Å². The molecule has 1 aromatic carbocycles. The molecule has 0 bridgehead atoms. The Bertz CT molecular complexity index is 243. The number of carbonyl (C=O) groups is 1. The molecule has 0 fully saturated rings. The zero-order valence-corrected chi connectivity index (χ0v) is 8.79. The predicted octanol–water partition coefficient (Wildman–Crippen LogP) is 1.09. The largest absolute Gasteiger partial charge is 0.399 e. The molecule has 0 aliphatic carbocycles. The second-order valence-corrected chi connectivity index (χ2v) is 2.18. The van der Waals surface area contributed by atoms with Crippen LogP contribution in [0.25, 0.3) is 0 Å². The molecule has 0 heterocycles. The normalized spacial score (nSPS) is 8.45. The number of ketones is 1. The van der Waals surface area contributed by atoms with E-state index in [0.717, 1.165) is 0 Å². The Morgan fingerprint density at radius 1 is 1.27 bits per heavy atom. The van der Waals surface area contributed by atoms with Crippen LogP contribution in [0.2, 0.25) is 0 Å². The van der Waals surface area contributed by atoms with Gasteiger partial charge in [0.15, 0.2) is 5.78 Å². The molecule has 0 aromatic heterocycles. The Morgan fingerprint density at radius 2 is 1.73 bits per heavy atom. The summed E-state index contributed by atoms with van der Waals surface area (Å²) in [5, 5.41) is 0. The summed E-state index contributed by atoms with van der Waals surface area (Å²) >= 11 is 0. The molecule has 1 radical (unpaired) electrons. The van der Waals surface area contributed by atoms with Crippen LogP contribution in [0.3, 0.4) is 0 Å². The molecule has 1 aromatic rings. The first kappa shape index (κ1) is 10.7. The molecular formula is C8H9NNaO. The molecule has 11 heavy (non-hydrogen) atoms. The van der Waals surface area contributed by atoms with Gasteiger partial charge in [0.2, 0.25) is 0 Å². The molecule has 2 nitrogen and oxygen atoms in total. The molecule has 0 spiro atoms. The number of Topliss-reactive ketones (excluding diaryl/α,β-unsaturated/α-hetero) is 1. The second-order valence-electron chi connectivity index (χ2n) is 2.18. The van der Waals surface area contributed by atoms with Crippen LogP contribution in [0, 0.1) is 0 Å². The van der Waals surface area contributed by atoms with Crippen molar-refractivity contribution in [1.29, 1.82) is 0 Å². The molecule has 0 atom stereocenters. The summed E-state index contributed by atoms with van der Waals surface area (Å²) in [7, 11) is 0. The molecule has 0 amide bonds. The summed E-state index contributed by atoms with van der Waals surface area (Å²) in [6.45, 7) is 1.53. The molecule has 0 aliphatic heterocycles. The van der Waals surface area contributed by atoms with Gasteiger partial charge in [-0.05, 0) is 31.2 Å². The van der Waals surface area contributed by atoms with E-state index in [1.165, 1.54) is 6.92 Å². The Balaban J connectivity index is 0.000001000. The zero-order valence-electron chi connectivity index (χ0n) is 6.79. The summed E-state index contributed by atoms with van der Waals surface area (Å²) in [5.41, 5.74) is 6.80. The Hall–Kier alpha value is -0.310. The van der Waals surface area contributed by atoms with Gasteiger partial charge in [-0.2, -0.15) is 0 Å². The van der Waals surface area contributed by atoms with Gasteiger partial charge >= 0.3 is 0 Å². The van der Waals surface area contributed by atoms with Crippen molar-refractivity contribution >= 4 is 41.0 Å². The van der Waals surface area contributed by atoms with E-state index in [9.17, 15) is 4.79 Å². The Kier molecular flexibility index (Phi) is 4.42. The average Bonchev–Trinajstić information content (AvgIpc) is 1.88. The van der Waals surface area contributed by atoms with Crippen molar-refractivity contribution in [3.05, 3.63) is 29.8 Å². The summed E-state index contributed by atoms with van der Waals surface area (Å²) in [5.74, 6) is 0.0694. The number of carbonyl (C=O) groups excluding carboxylic acids is 1. The minimum atomic E-state index is 0. The smallest absolute Gasteiger partial charge is 0.159 e. The third kappa shape index (κ3) is 3.06. The van der Waals surface area contributed by atoms with E-state index in [0.29, 0.717) is 11.3 Å². The maximum Gasteiger partial charge on any atom is 0.159 e. The molecule has 0 aliphatic rings. The van der Waals surface area contributed by atoms with Gasteiger partial charge in [-0.25, -0.2) is 0 Å². The molecule has 0 saturated heterocycles. The summed E-state index contributed by atoms with van der Waals surface area (Å²) in [4.78, 5) is 10.7. The Labute approximate surface area is 88.1 Å². The van der Waals surface area contributed by atoms with E-state index >= 15 is 0 Å². The zero-order chi connectivity index (χ0) is 7.56. The first-order chi connectivity index (χ1) is 4.70. The quantitative estimate of drug-likeness (QED) is 0.377. The van der Waals surface area contributed by atoms with Crippen LogP contribution < -0.4 is 5.73 Å². The van der Waals surface area contributed by atoms with Crippen LogP contribution in [0.15, 0.2) is 24.3 Å². The van der Waals surface area contributed by atoms with Crippen molar-refractivity contribution in [2.45, 2.75) is 6.92 Å². The Morgan fingerprint density at radius 3 is 2.09 bits per heavy atom. The molecule has 0 unspecified atom stereocenters. The number of benzene rings is 1. The van der Waals surface area contributed by atoms with Crippen LogP contribution in [-0.4, -0.2) is 35.3 Å². The summed E-state index contributed by atoms with van der Waals surface area (Å²) in [6.07, 6.45) is 0. The second kappa shape index (κ2) is 4.54. The van der Waals surface area contributed by atoms with Crippen molar-refractivity contribution in [3.63, 3.8) is 0 Å². The monoisotopic (exact) mass is 158 g/mol. The van der Waals surface area contributed by atoms with Crippen molar-refractivity contribution in [3.8, 4) is 0 Å². The third-order valence-electron chi connectivity index (χ3n) is 1.32. The minimum absolute atomic E-state index is 0. The van der Waals surface area contributed by atoms with Gasteiger partial charge in [-0.15, -0.1) is 0 Å². The molecule has 0 saturated carbocycles. The number of nitrogens with two attached hydrogens (primary N) is 1. The van der Waals surface area contributed by atoms with Crippen LogP contribution in [-0.2, 0) is 0 Å². The van der Waals surface area contributed by atoms with E-state index in [4.69, 9.17) is 5.73 Å². The first-order valence-corrected chi connectivity index (χ1v) is 3.06. The van der Waals surface area contributed by atoms with Crippen LogP contribution in [0.4, 0.5) is 5.69 Å². The number of nitrogen functional groups attached to an aromatic ring is 1. The maximum absolute atomic E-state index is 10.7. The fourth-order valence-electron chi connectivity index (χ4n) is 0.718. The fourth-order valence-corrected chi connectivity index (χ4v) is 0.718. The van der Waals surface area contributed by atoms with Crippen molar-refractivity contribution in [2.75, 3.05) is 5.73 Å². The van der Waals surface area contributed by atoms with Gasteiger partial charge in [-0.1, -0.05) is 0 Å². The van der Waals surface area contributed by atoms with E-state index < -0.39 is 0 Å². The first-order valence-electron chi connectivity index (χ1n) is 3.06. The maximum atomic E-state index is 10.7. The molecule has 53 valence electrons. The number of hydrogen-bond acceptors (Lipinski definition) is 2. The van der Waals surface area contributed by atoms with Gasteiger partial charge in [0.05, 0.1) is 0 Å². The molecule has 1 rings (SSSR count). The molecular weight excluding hydrogens is 149 g/mol. The average molecular weight is 158 g/mol. The van der Waals surface area contributed by atoms with Crippen LogP contribution >= 0.6 is 0 Å².